The van der Waals surface area contributed by atoms with Crippen molar-refractivity contribution in [3.05, 3.63) is 48.2 Å². The molecule has 2 aromatic rings. The highest BCUT2D eigenvalue weighted by molar-refractivity contribution is 5.79. The Morgan fingerprint density at radius 1 is 1.10 bits per heavy atom. The second-order valence-electron chi connectivity index (χ2n) is 8.36. The zero-order valence-corrected chi connectivity index (χ0v) is 17.5. The Balaban J connectivity index is 1.23. The number of carbonyl (C=O) groups is 1. The molecular formula is C23H32N6O. The average molecular weight is 409 g/mol. The molecule has 0 spiro atoms. The van der Waals surface area contributed by atoms with Crippen LogP contribution in [0.5, 0.6) is 0 Å². The molecule has 1 atom stereocenters. The Kier molecular flexibility index (Phi) is 6.79. The van der Waals surface area contributed by atoms with Crippen LogP contribution in [-0.4, -0.2) is 59.5 Å². The first-order valence-corrected chi connectivity index (χ1v) is 11.1. The van der Waals surface area contributed by atoms with Gasteiger partial charge in [-0.15, -0.1) is 0 Å². The predicted octanol–water partition coefficient (Wildman–Crippen LogP) is 2.10. The number of carbonyl (C=O) groups excluding carboxylic acids is 1. The largest absolute Gasteiger partial charge is 0.384 e. The first kappa shape index (κ1) is 20.6. The minimum atomic E-state index is 0.102. The number of likely N-dealkylation sites (tertiary alicyclic amines) is 1. The lowest BCUT2D eigenvalue weighted by Gasteiger charge is -2.42. The van der Waals surface area contributed by atoms with E-state index < -0.39 is 0 Å². The molecule has 2 aliphatic heterocycles. The minimum absolute atomic E-state index is 0.102. The minimum Gasteiger partial charge on any atom is -0.384 e. The molecule has 7 nitrogen and oxygen atoms in total. The SMILES string of the molecule is Nc1ccnc(N2CCC(N3CCCC(C(=O)NCCc4ccccc4)C3)CC2)n1. The normalized spacial score (nSPS) is 20.8. The summed E-state index contributed by atoms with van der Waals surface area (Å²) in [7, 11) is 0. The van der Waals surface area contributed by atoms with Gasteiger partial charge < -0.3 is 16.0 Å². The third-order valence-corrected chi connectivity index (χ3v) is 6.31. The fourth-order valence-corrected chi connectivity index (χ4v) is 4.62. The first-order valence-electron chi connectivity index (χ1n) is 11.1. The van der Waals surface area contributed by atoms with Gasteiger partial charge in [0.25, 0.3) is 0 Å². The quantitative estimate of drug-likeness (QED) is 0.761. The van der Waals surface area contributed by atoms with Crippen LogP contribution in [0.25, 0.3) is 0 Å². The van der Waals surface area contributed by atoms with Gasteiger partial charge in [-0.25, -0.2) is 4.98 Å². The van der Waals surface area contributed by atoms with Crippen LogP contribution >= 0.6 is 0 Å². The number of piperidine rings is 2. The number of nitrogens with zero attached hydrogens (tertiary/aromatic N) is 4. The molecule has 3 N–H and O–H groups in total. The molecule has 7 heteroatoms. The van der Waals surface area contributed by atoms with Crippen molar-refractivity contribution in [3.8, 4) is 0 Å². The van der Waals surface area contributed by atoms with Crippen LogP contribution in [-0.2, 0) is 11.2 Å². The maximum atomic E-state index is 12.7. The molecule has 0 radical (unpaired) electrons. The zero-order valence-electron chi connectivity index (χ0n) is 17.5. The molecule has 1 aromatic heterocycles. The summed E-state index contributed by atoms with van der Waals surface area (Å²) >= 11 is 0. The van der Waals surface area contributed by atoms with Gasteiger partial charge in [0.1, 0.15) is 5.82 Å². The summed E-state index contributed by atoms with van der Waals surface area (Å²) in [5.74, 6) is 1.55. The second-order valence-corrected chi connectivity index (χ2v) is 8.36. The van der Waals surface area contributed by atoms with E-state index in [2.05, 4.69) is 37.2 Å². The van der Waals surface area contributed by atoms with Gasteiger partial charge in [0, 0.05) is 38.4 Å². The topological polar surface area (TPSA) is 87.4 Å². The van der Waals surface area contributed by atoms with E-state index in [9.17, 15) is 4.79 Å². The third kappa shape index (κ3) is 5.27. The van der Waals surface area contributed by atoms with Crippen LogP contribution in [0, 0.1) is 5.92 Å². The second kappa shape index (κ2) is 9.89. The number of amides is 1. The number of hydrogen-bond donors (Lipinski definition) is 2. The van der Waals surface area contributed by atoms with Gasteiger partial charge in [-0.3, -0.25) is 9.69 Å². The van der Waals surface area contributed by atoms with E-state index in [1.807, 2.05) is 18.2 Å². The van der Waals surface area contributed by atoms with Crippen LogP contribution in [0.4, 0.5) is 11.8 Å². The Bertz CT molecular complexity index is 821. The Hall–Kier alpha value is -2.67. The van der Waals surface area contributed by atoms with Gasteiger partial charge >= 0.3 is 0 Å². The lowest BCUT2D eigenvalue weighted by molar-refractivity contribution is -0.127. The van der Waals surface area contributed by atoms with E-state index >= 15 is 0 Å². The summed E-state index contributed by atoms with van der Waals surface area (Å²) in [5, 5.41) is 3.16. The van der Waals surface area contributed by atoms with E-state index in [1.165, 1.54) is 5.56 Å². The van der Waals surface area contributed by atoms with Crippen LogP contribution < -0.4 is 16.0 Å². The maximum Gasteiger partial charge on any atom is 0.227 e. The third-order valence-electron chi connectivity index (χ3n) is 6.31. The molecule has 1 amide bonds. The van der Waals surface area contributed by atoms with Gasteiger partial charge in [-0.2, -0.15) is 4.98 Å². The summed E-state index contributed by atoms with van der Waals surface area (Å²) in [4.78, 5) is 26.2. The number of rotatable bonds is 6. The summed E-state index contributed by atoms with van der Waals surface area (Å²) in [6.45, 7) is 4.53. The fraction of sp³-hybridized carbons (Fsp3) is 0.522. The monoisotopic (exact) mass is 408 g/mol. The predicted molar refractivity (Wildman–Crippen MR) is 119 cm³/mol. The summed E-state index contributed by atoms with van der Waals surface area (Å²) in [6, 6.07) is 12.6. The lowest BCUT2D eigenvalue weighted by atomic mass is 9.93. The number of nitrogen functional groups attached to an aromatic ring is 1. The van der Waals surface area contributed by atoms with E-state index in [0.717, 1.165) is 64.2 Å². The van der Waals surface area contributed by atoms with E-state index in [4.69, 9.17) is 5.73 Å². The molecular weight excluding hydrogens is 376 g/mol. The van der Waals surface area contributed by atoms with Crippen molar-refractivity contribution in [2.75, 3.05) is 43.4 Å². The summed E-state index contributed by atoms with van der Waals surface area (Å²) in [6.07, 6.45) is 6.82. The van der Waals surface area contributed by atoms with E-state index in [1.54, 1.807) is 12.3 Å². The van der Waals surface area contributed by atoms with Crippen molar-refractivity contribution in [1.29, 1.82) is 0 Å². The Labute approximate surface area is 178 Å². The van der Waals surface area contributed by atoms with Crippen LogP contribution in [0.3, 0.4) is 0 Å². The van der Waals surface area contributed by atoms with Gasteiger partial charge in [0.15, 0.2) is 0 Å². The number of hydrogen-bond acceptors (Lipinski definition) is 6. The molecule has 160 valence electrons. The average Bonchev–Trinajstić information content (AvgIpc) is 2.80. The van der Waals surface area contributed by atoms with Crippen molar-refractivity contribution in [3.63, 3.8) is 0 Å². The first-order chi connectivity index (χ1) is 14.7. The van der Waals surface area contributed by atoms with Gasteiger partial charge in [-0.05, 0) is 50.3 Å². The number of nitrogens with two attached hydrogens (primary N) is 1. The standard InChI is InChI=1S/C23H32N6O/c24-21-9-13-26-23(27-21)28-15-10-20(11-16-28)29-14-4-7-19(17-29)22(30)25-12-8-18-5-2-1-3-6-18/h1-3,5-6,9,13,19-20H,4,7-8,10-12,14-17H2,(H,25,30)(H2,24,26,27). The highest BCUT2D eigenvalue weighted by atomic mass is 16.1. The molecule has 0 bridgehead atoms. The van der Waals surface area contributed by atoms with E-state index in [-0.39, 0.29) is 11.8 Å². The molecule has 1 unspecified atom stereocenters. The van der Waals surface area contributed by atoms with Gasteiger partial charge in [0.2, 0.25) is 11.9 Å². The van der Waals surface area contributed by atoms with Crippen LogP contribution in [0.2, 0.25) is 0 Å². The molecule has 2 fully saturated rings. The number of benzene rings is 1. The van der Waals surface area contributed by atoms with Crippen LogP contribution in [0.15, 0.2) is 42.6 Å². The maximum absolute atomic E-state index is 12.7. The molecule has 0 aliphatic carbocycles. The highest BCUT2D eigenvalue weighted by Crippen LogP contribution is 2.25. The van der Waals surface area contributed by atoms with Crippen molar-refractivity contribution >= 4 is 17.7 Å². The fourth-order valence-electron chi connectivity index (χ4n) is 4.62. The highest BCUT2D eigenvalue weighted by Gasteiger charge is 2.32. The van der Waals surface area contributed by atoms with Gasteiger partial charge in [0.05, 0.1) is 5.92 Å². The lowest BCUT2D eigenvalue weighted by Crippen LogP contribution is -2.51. The molecule has 2 aliphatic rings. The van der Waals surface area contributed by atoms with Crippen molar-refractivity contribution in [2.24, 2.45) is 5.92 Å². The zero-order chi connectivity index (χ0) is 20.8. The van der Waals surface area contributed by atoms with E-state index in [0.29, 0.717) is 18.4 Å². The summed E-state index contributed by atoms with van der Waals surface area (Å²) in [5.41, 5.74) is 7.06. The molecule has 30 heavy (non-hydrogen) atoms. The van der Waals surface area contributed by atoms with Crippen molar-refractivity contribution < 1.29 is 4.79 Å². The number of aromatic nitrogens is 2. The van der Waals surface area contributed by atoms with Crippen LogP contribution in [0.1, 0.15) is 31.2 Å². The van der Waals surface area contributed by atoms with Gasteiger partial charge in [-0.1, -0.05) is 30.3 Å². The number of anilines is 2. The Morgan fingerprint density at radius 3 is 2.67 bits per heavy atom. The molecule has 3 heterocycles. The molecule has 2 saturated heterocycles. The smallest absolute Gasteiger partial charge is 0.227 e. The Morgan fingerprint density at radius 2 is 1.90 bits per heavy atom. The summed E-state index contributed by atoms with van der Waals surface area (Å²) < 4.78 is 0. The number of nitrogens with one attached hydrogen (secondary N) is 1. The van der Waals surface area contributed by atoms with Crippen molar-refractivity contribution in [2.45, 2.75) is 38.1 Å². The molecule has 4 rings (SSSR count). The molecule has 1 aromatic carbocycles. The van der Waals surface area contributed by atoms with Crippen molar-refractivity contribution in [1.82, 2.24) is 20.2 Å². The molecule has 0 saturated carbocycles.